The predicted molar refractivity (Wildman–Crippen MR) is 91.2 cm³/mol. The van der Waals surface area contributed by atoms with Gasteiger partial charge in [-0.2, -0.15) is 5.26 Å². The SMILES string of the molecule is N#Cc1ccnc(N2CCN(C(=O)c3cc(Br)ccc3F)CC2)c1. The maximum atomic E-state index is 13.9. The van der Waals surface area contributed by atoms with Crippen molar-refractivity contribution < 1.29 is 9.18 Å². The first-order chi connectivity index (χ1) is 11.6. The van der Waals surface area contributed by atoms with Crippen LogP contribution in [-0.4, -0.2) is 42.0 Å². The third-order valence-electron chi connectivity index (χ3n) is 3.92. The summed E-state index contributed by atoms with van der Waals surface area (Å²) in [6.07, 6.45) is 1.60. The van der Waals surface area contributed by atoms with Crippen LogP contribution >= 0.6 is 15.9 Å². The summed E-state index contributed by atoms with van der Waals surface area (Å²) in [5.41, 5.74) is 0.622. The standard InChI is InChI=1S/C17H14BrFN4O/c18-13-1-2-15(19)14(10-13)17(24)23-7-5-22(6-8-23)16-9-12(11-20)3-4-21-16/h1-4,9-10H,5-8H2. The Labute approximate surface area is 147 Å². The van der Waals surface area contributed by atoms with Crippen LogP contribution in [0, 0.1) is 17.1 Å². The Kier molecular flexibility index (Phi) is 4.76. The second-order valence-corrected chi connectivity index (χ2v) is 6.33. The number of benzene rings is 1. The van der Waals surface area contributed by atoms with Gasteiger partial charge in [-0.1, -0.05) is 15.9 Å². The number of piperazine rings is 1. The van der Waals surface area contributed by atoms with Gasteiger partial charge >= 0.3 is 0 Å². The highest BCUT2D eigenvalue weighted by Gasteiger charge is 2.24. The fraction of sp³-hybridized carbons (Fsp3) is 0.235. The van der Waals surface area contributed by atoms with Gasteiger partial charge in [0.05, 0.1) is 17.2 Å². The van der Waals surface area contributed by atoms with E-state index < -0.39 is 5.82 Å². The number of nitriles is 1. The van der Waals surface area contributed by atoms with Gasteiger partial charge in [0, 0.05) is 36.8 Å². The summed E-state index contributed by atoms with van der Waals surface area (Å²) in [5, 5.41) is 8.96. The molecule has 1 amide bonds. The van der Waals surface area contributed by atoms with Gasteiger partial charge in [-0.3, -0.25) is 4.79 Å². The van der Waals surface area contributed by atoms with Crippen molar-refractivity contribution in [3.8, 4) is 6.07 Å². The van der Waals surface area contributed by atoms with Crippen molar-refractivity contribution in [3.63, 3.8) is 0 Å². The molecule has 122 valence electrons. The van der Waals surface area contributed by atoms with E-state index in [0.29, 0.717) is 36.2 Å². The fourth-order valence-corrected chi connectivity index (χ4v) is 2.99. The number of pyridine rings is 1. The second-order valence-electron chi connectivity index (χ2n) is 5.42. The summed E-state index contributed by atoms with van der Waals surface area (Å²) < 4.78 is 14.6. The number of carbonyl (C=O) groups excluding carboxylic acids is 1. The average molecular weight is 389 g/mol. The first kappa shape index (κ1) is 16.4. The van der Waals surface area contributed by atoms with Crippen molar-refractivity contribution in [2.24, 2.45) is 0 Å². The number of hydrogen-bond acceptors (Lipinski definition) is 4. The molecule has 0 saturated carbocycles. The Morgan fingerprint density at radius 3 is 2.67 bits per heavy atom. The molecule has 1 saturated heterocycles. The van der Waals surface area contributed by atoms with E-state index in [1.165, 1.54) is 12.1 Å². The first-order valence-corrected chi connectivity index (χ1v) is 8.23. The molecule has 2 heterocycles. The molecule has 5 nitrogen and oxygen atoms in total. The van der Waals surface area contributed by atoms with Gasteiger partial charge in [0.2, 0.25) is 0 Å². The van der Waals surface area contributed by atoms with E-state index in [-0.39, 0.29) is 11.5 Å². The van der Waals surface area contributed by atoms with Gasteiger partial charge in [-0.25, -0.2) is 9.37 Å². The largest absolute Gasteiger partial charge is 0.353 e. The molecule has 0 N–H and O–H groups in total. The molecule has 1 aromatic carbocycles. The Balaban J connectivity index is 1.69. The monoisotopic (exact) mass is 388 g/mol. The number of carbonyl (C=O) groups is 1. The first-order valence-electron chi connectivity index (χ1n) is 7.44. The normalized spacial score (nSPS) is 14.4. The molecular formula is C17H14BrFN4O. The van der Waals surface area contributed by atoms with Crippen LogP contribution < -0.4 is 4.90 Å². The average Bonchev–Trinajstić information content (AvgIpc) is 2.63. The van der Waals surface area contributed by atoms with Gasteiger partial charge in [0.15, 0.2) is 0 Å². The number of anilines is 1. The van der Waals surface area contributed by atoms with Crippen molar-refractivity contribution in [2.75, 3.05) is 31.1 Å². The summed E-state index contributed by atoms with van der Waals surface area (Å²) in [4.78, 5) is 20.4. The summed E-state index contributed by atoms with van der Waals surface area (Å²) in [5.74, 6) is -0.115. The van der Waals surface area contributed by atoms with E-state index in [0.717, 1.165) is 5.82 Å². The minimum absolute atomic E-state index is 0.0717. The second kappa shape index (κ2) is 6.97. The predicted octanol–water partition coefficient (Wildman–Crippen LogP) is 2.82. The van der Waals surface area contributed by atoms with Gasteiger partial charge < -0.3 is 9.80 Å². The number of halogens is 2. The van der Waals surface area contributed by atoms with E-state index in [2.05, 4.69) is 27.0 Å². The highest BCUT2D eigenvalue weighted by Crippen LogP contribution is 2.20. The van der Waals surface area contributed by atoms with E-state index in [9.17, 15) is 9.18 Å². The Hall–Kier alpha value is -2.46. The molecule has 0 aliphatic carbocycles. The van der Waals surface area contributed by atoms with Crippen molar-refractivity contribution in [2.45, 2.75) is 0 Å². The summed E-state index contributed by atoms with van der Waals surface area (Å²) in [6, 6.07) is 9.82. The van der Waals surface area contributed by atoms with Crippen LogP contribution in [-0.2, 0) is 0 Å². The van der Waals surface area contributed by atoms with Crippen molar-refractivity contribution in [1.82, 2.24) is 9.88 Å². The van der Waals surface area contributed by atoms with Crippen molar-refractivity contribution in [3.05, 3.63) is 57.9 Å². The fourth-order valence-electron chi connectivity index (χ4n) is 2.63. The van der Waals surface area contributed by atoms with Crippen LogP contribution in [0.5, 0.6) is 0 Å². The van der Waals surface area contributed by atoms with Crippen molar-refractivity contribution in [1.29, 1.82) is 5.26 Å². The molecule has 0 bridgehead atoms. The summed E-state index contributed by atoms with van der Waals surface area (Å²) in [6.45, 7) is 2.12. The molecule has 1 aliphatic heterocycles. The Morgan fingerprint density at radius 1 is 1.21 bits per heavy atom. The zero-order valence-electron chi connectivity index (χ0n) is 12.7. The van der Waals surface area contributed by atoms with Gasteiger partial charge in [0.1, 0.15) is 11.6 Å². The third kappa shape index (κ3) is 3.39. The molecule has 0 radical (unpaired) electrons. The molecular weight excluding hydrogens is 375 g/mol. The number of nitrogens with zero attached hydrogens (tertiary/aromatic N) is 4. The summed E-state index contributed by atoms with van der Waals surface area (Å²) >= 11 is 3.26. The zero-order valence-corrected chi connectivity index (χ0v) is 14.3. The van der Waals surface area contributed by atoms with Gasteiger partial charge in [0.25, 0.3) is 5.91 Å². The van der Waals surface area contributed by atoms with Crippen LogP contribution in [0.2, 0.25) is 0 Å². The van der Waals surface area contributed by atoms with Crippen molar-refractivity contribution >= 4 is 27.7 Å². The Morgan fingerprint density at radius 2 is 1.96 bits per heavy atom. The molecule has 0 atom stereocenters. The smallest absolute Gasteiger partial charge is 0.256 e. The maximum absolute atomic E-state index is 13.9. The van der Waals surface area contributed by atoms with Crippen LogP contribution in [0.4, 0.5) is 10.2 Å². The van der Waals surface area contributed by atoms with E-state index in [4.69, 9.17) is 5.26 Å². The highest BCUT2D eigenvalue weighted by atomic mass is 79.9. The van der Waals surface area contributed by atoms with E-state index >= 15 is 0 Å². The molecule has 24 heavy (non-hydrogen) atoms. The lowest BCUT2D eigenvalue weighted by Crippen LogP contribution is -2.49. The van der Waals surface area contributed by atoms with Gasteiger partial charge in [-0.15, -0.1) is 0 Å². The van der Waals surface area contributed by atoms with E-state index in [1.54, 1.807) is 29.3 Å². The van der Waals surface area contributed by atoms with Crippen LogP contribution in [0.15, 0.2) is 41.0 Å². The topological polar surface area (TPSA) is 60.2 Å². The lowest BCUT2D eigenvalue weighted by molar-refractivity contribution is 0.0741. The molecule has 1 fully saturated rings. The van der Waals surface area contributed by atoms with Gasteiger partial charge in [-0.05, 0) is 30.3 Å². The minimum Gasteiger partial charge on any atom is -0.353 e. The lowest BCUT2D eigenvalue weighted by Gasteiger charge is -2.35. The number of rotatable bonds is 2. The zero-order chi connectivity index (χ0) is 17.1. The van der Waals surface area contributed by atoms with Crippen LogP contribution in [0.3, 0.4) is 0 Å². The molecule has 0 unspecified atom stereocenters. The number of amides is 1. The third-order valence-corrected chi connectivity index (χ3v) is 4.42. The lowest BCUT2D eigenvalue weighted by atomic mass is 10.1. The van der Waals surface area contributed by atoms with E-state index in [1.807, 2.05) is 4.90 Å². The highest BCUT2D eigenvalue weighted by molar-refractivity contribution is 9.10. The number of aromatic nitrogens is 1. The maximum Gasteiger partial charge on any atom is 0.256 e. The van der Waals surface area contributed by atoms with Crippen LogP contribution in [0.1, 0.15) is 15.9 Å². The molecule has 1 aromatic heterocycles. The molecule has 1 aliphatic rings. The minimum atomic E-state index is -0.519. The molecule has 2 aromatic rings. The Bertz CT molecular complexity index is 812. The molecule has 7 heteroatoms. The summed E-state index contributed by atoms with van der Waals surface area (Å²) in [7, 11) is 0. The van der Waals surface area contributed by atoms with Crippen LogP contribution in [0.25, 0.3) is 0 Å². The quantitative estimate of drug-likeness (QED) is 0.793. The molecule has 0 spiro atoms. The number of hydrogen-bond donors (Lipinski definition) is 0. The molecule has 3 rings (SSSR count).